The van der Waals surface area contributed by atoms with Gasteiger partial charge in [-0.05, 0) is 20.8 Å². The van der Waals surface area contributed by atoms with Gasteiger partial charge >= 0.3 is 5.97 Å². The van der Waals surface area contributed by atoms with Crippen LogP contribution in [0.15, 0.2) is 12.7 Å². The van der Waals surface area contributed by atoms with Crippen molar-refractivity contribution >= 4 is 10.5 Å². The van der Waals surface area contributed by atoms with Crippen LogP contribution in [0.5, 0.6) is 0 Å². The Morgan fingerprint density at radius 3 is 1.73 bits per heavy atom. The Labute approximate surface area is 95.1 Å². The van der Waals surface area contributed by atoms with Gasteiger partial charge in [-0.1, -0.05) is 6.08 Å². The largest absolute Gasteiger partial charge is 0.414 e. The summed E-state index contributed by atoms with van der Waals surface area (Å²) in [4.78, 5) is 0. The second-order valence-electron chi connectivity index (χ2n) is 2.79. The zero-order valence-corrected chi connectivity index (χ0v) is 12.1. The molecule has 5 heteroatoms. The molecule has 90 valence electrons. The molecule has 0 N–H and O–H groups in total. The van der Waals surface area contributed by atoms with Gasteiger partial charge in [0, 0.05) is 19.8 Å². The molecule has 0 fully saturated rings. The zero-order chi connectivity index (χ0) is 11.7. The highest BCUT2D eigenvalue weighted by atomic mass is 28.2. The van der Waals surface area contributed by atoms with Gasteiger partial charge in [-0.2, -0.15) is 0 Å². The molecule has 0 saturated heterocycles. The molecule has 0 bridgehead atoms. The molecule has 0 aromatic rings. The fourth-order valence-electron chi connectivity index (χ4n) is 1.36. The topological polar surface area (TPSA) is 36.9 Å². The van der Waals surface area contributed by atoms with E-state index in [-0.39, 0.29) is 6.10 Å². The van der Waals surface area contributed by atoms with Crippen LogP contribution in [0.1, 0.15) is 20.8 Å². The van der Waals surface area contributed by atoms with Crippen LogP contribution < -0.4 is 0 Å². The van der Waals surface area contributed by atoms with Crippen molar-refractivity contribution in [2.75, 3.05) is 19.8 Å². The monoisotopic (exact) mass is 234 g/mol. The molecule has 0 aliphatic rings. The first kappa shape index (κ1) is 14.8. The highest BCUT2D eigenvalue weighted by molar-refractivity contribution is 5.98. The third-order valence-corrected chi connectivity index (χ3v) is 2.36. The lowest BCUT2D eigenvalue weighted by Gasteiger charge is -2.36. The van der Waals surface area contributed by atoms with Crippen molar-refractivity contribution in [2.24, 2.45) is 0 Å². The number of rotatable bonds is 9. The van der Waals surface area contributed by atoms with Crippen LogP contribution in [0.25, 0.3) is 0 Å². The van der Waals surface area contributed by atoms with Crippen molar-refractivity contribution in [1.82, 2.24) is 0 Å². The standard InChI is InChI=1S/C10H22O4Si/c1-5-9(14-15)10(11-6-2,12-7-3)13-8-4/h5,9H,1,6-8H2,2-4,15H3. The summed E-state index contributed by atoms with van der Waals surface area (Å²) in [5.41, 5.74) is 0. The molecule has 0 saturated carbocycles. The maximum absolute atomic E-state index is 5.54. The average Bonchev–Trinajstić information content (AvgIpc) is 2.20. The summed E-state index contributed by atoms with van der Waals surface area (Å²) in [5, 5.41) is 0. The van der Waals surface area contributed by atoms with Crippen LogP contribution in [-0.2, 0) is 18.6 Å². The summed E-state index contributed by atoms with van der Waals surface area (Å²) in [7, 11) is 0.573. The van der Waals surface area contributed by atoms with Crippen molar-refractivity contribution in [3.05, 3.63) is 12.7 Å². The van der Waals surface area contributed by atoms with Gasteiger partial charge in [-0.15, -0.1) is 6.58 Å². The van der Waals surface area contributed by atoms with Crippen LogP contribution in [0.4, 0.5) is 0 Å². The second kappa shape index (κ2) is 8.01. The molecule has 15 heavy (non-hydrogen) atoms. The van der Waals surface area contributed by atoms with E-state index in [1.54, 1.807) is 6.08 Å². The van der Waals surface area contributed by atoms with Crippen molar-refractivity contribution in [1.29, 1.82) is 0 Å². The maximum atomic E-state index is 5.54. The molecule has 0 aliphatic carbocycles. The fourth-order valence-corrected chi connectivity index (χ4v) is 1.84. The van der Waals surface area contributed by atoms with Gasteiger partial charge in [-0.25, -0.2) is 0 Å². The van der Waals surface area contributed by atoms with Gasteiger partial charge in [0.2, 0.25) is 0 Å². The second-order valence-corrected chi connectivity index (χ2v) is 3.27. The van der Waals surface area contributed by atoms with E-state index in [0.29, 0.717) is 30.3 Å². The van der Waals surface area contributed by atoms with Crippen LogP contribution in [0.3, 0.4) is 0 Å². The molecule has 0 aliphatic heterocycles. The predicted molar refractivity (Wildman–Crippen MR) is 62.6 cm³/mol. The van der Waals surface area contributed by atoms with Gasteiger partial charge in [0.25, 0.3) is 0 Å². The SMILES string of the molecule is C=CC(O[SiH3])C(OCC)(OCC)OCC. The Hall–Kier alpha value is -0.203. The molecule has 0 aromatic heterocycles. The van der Waals surface area contributed by atoms with Gasteiger partial charge in [-0.3, -0.25) is 0 Å². The molecule has 4 nitrogen and oxygen atoms in total. The Morgan fingerprint density at radius 2 is 1.53 bits per heavy atom. The molecule has 0 aromatic carbocycles. The van der Waals surface area contributed by atoms with E-state index in [4.69, 9.17) is 18.6 Å². The Kier molecular flexibility index (Phi) is 7.90. The summed E-state index contributed by atoms with van der Waals surface area (Å²) in [6.07, 6.45) is 1.26. The highest BCUT2D eigenvalue weighted by Crippen LogP contribution is 2.23. The van der Waals surface area contributed by atoms with Crippen molar-refractivity contribution < 1.29 is 18.6 Å². The normalized spacial score (nSPS) is 14.1. The first-order valence-electron chi connectivity index (χ1n) is 5.27. The predicted octanol–water partition coefficient (Wildman–Crippen LogP) is 0.601. The van der Waals surface area contributed by atoms with E-state index >= 15 is 0 Å². The minimum Gasteiger partial charge on any atom is -0.414 e. The molecule has 1 unspecified atom stereocenters. The lowest BCUT2D eigenvalue weighted by Crippen LogP contribution is -2.50. The molecule has 0 rings (SSSR count). The summed E-state index contributed by atoms with van der Waals surface area (Å²) in [6, 6.07) is 0. The van der Waals surface area contributed by atoms with E-state index in [9.17, 15) is 0 Å². The van der Waals surface area contributed by atoms with Crippen molar-refractivity contribution in [2.45, 2.75) is 32.8 Å². The quantitative estimate of drug-likeness (QED) is 0.333. The maximum Gasteiger partial charge on any atom is 0.313 e. The van der Waals surface area contributed by atoms with Crippen LogP contribution in [0, 0.1) is 0 Å². The van der Waals surface area contributed by atoms with Crippen LogP contribution in [-0.4, -0.2) is 42.4 Å². The Bertz CT molecular complexity index is 158. The summed E-state index contributed by atoms with van der Waals surface area (Å²) >= 11 is 0. The lowest BCUT2D eigenvalue weighted by molar-refractivity contribution is -0.399. The van der Waals surface area contributed by atoms with E-state index in [1.807, 2.05) is 20.8 Å². The van der Waals surface area contributed by atoms with Gasteiger partial charge in [0.15, 0.2) is 0 Å². The average molecular weight is 234 g/mol. The first-order chi connectivity index (χ1) is 7.20. The molecule has 0 heterocycles. The van der Waals surface area contributed by atoms with E-state index < -0.39 is 5.97 Å². The summed E-state index contributed by atoms with van der Waals surface area (Å²) in [6.45, 7) is 10.9. The molecule has 0 spiro atoms. The van der Waals surface area contributed by atoms with E-state index in [1.165, 1.54) is 0 Å². The van der Waals surface area contributed by atoms with Gasteiger partial charge in [0.05, 0.1) is 0 Å². The van der Waals surface area contributed by atoms with Gasteiger partial charge in [0.1, 0.15) is 16.6 Å². The zero-order valence-electron chi connectivity index (χ0n) is 10.1. The summed E-state index contributed by atoms with van der Waals surface area (Å²) in [5.74, 6) is -1.14. The van der Waals surface area contributed by atoms with Crippen LogP contribution >= 0.6 is 0 Å². The van der Waals surface area contributed by atoms with Crippen molar-refractivity contribution in [3.8, 4) is 0 Å². The third kappa shape index (κ3) is 4.04. The van der Waals surface area contributed by atoms with Crippen molar-refractivity contribution in [3.63, 3.8) is 0 Å². The minimum absolute atomic E-state index is 0.385. The molecule has 1 atom stereocenters. The number of hydrogen-bond acceptors (Lipinski definition) is 4. The number of hydrogen-bond donors (Lipinski definition) is 0. The third-order valence-electron chi connectivity index (χ3n) is 1.85. The highest BCUT2D eigenvalue weighted by Gasteiger charge is 2.40. The van der Waals surface area contributed by atoms with Crippen LogP contribution in [0.2, 0.25) is 0 Å². The lowest BCUT2D eigenvalue weighted by atomic mass is 10.3. The molecular formula is C10H22O4Si. The van der Waals surface area contributed by atoms with E-state index in [2.05, 4.69) is 6.58 Å². The fraction of sp³-hybridized carbons (Fsp3) is 0.800. The van der Waals surface area contributed by atoms with Gasteiger partial charge < -0.3 is 18.6 Å². The molecule has 0 radical (unpaired) electrons. The Balaban J connectivity index is 4.79. The minimum atomic E-state index is -1.14. The summed E-state index contributed by atoms with van der Waals surface area (Å²) < 4.78 is 22.0. The number of ether oxygens (including phenoxy) is 3. The smallest absolute Gasteiger partial charge is 0.313 e. The Morgan fingerprint density at radius 1 is 1.13 bits per heavy atom. The first-order valence-corrected chi connectivity index (χ1v) is 6.09. The van der Waals surface area contributed by atoms with E-state index in [0.717, 1.165) is 0 Å². The molecular weight excluding hydrogens is 212 g/mol. The molecule has 0 amide bonds.